The maximum absolute atomic E-state index is 13.7. The number of hydrogen-bond donors (Lipinski definition) is 1. The number of aromatic nitrogens is 1. The molecule has 0 bridgehead atoms. The van der Waals surface area contributed by atoms with Crippen molar-refractivity contribution >= 4 is 59.0 Å². The zero-order chi connectivity index (χ0) is 35.0. The van der Waals surface area contributed by atoms with Gasteiger partial charge in [0.2, 0.25) is 12.7 Å². The first kappa shape index (κ1) is 36.3. The van der Waals surface area contributed by atoms with Crippen LogP contribution in [0, 0.1) is 10.6 Å². The highest BCUT2D eigenvalue weighted by atomic mass is 32.2. The molecule has 0 radical (unpaired) electrons. The highest BCUT2D eigenvalue weighted by Gasteiger charge is 2.55. The van der Waals surface area contributed by atoms with Gasteiger partial charge in [0.15, 0.2) is 6.20 Å². The lowest BCUT2D eigenvalue weighted by molar-refractivity contribution is -0.645. The van der Waals surface area contributed by atoms with Crippen molar-refractivity contribution in [3.05, 3.63) is 113 Å². The molecule has 258 valence electrons. The SMILES string of the molecule is CC(C)(C)C(=O)OCOC(=O)C1=C(CSc2cccc[n+]2[O-])CSC2[C@@H](NC(=O)C(SCOCc3ccccc3)c3ccccc3)C(=O)N12. The number of fused-ring (bicyclic) bond motifs is 1. The highest BCUT2D eigenvalue weighted by molar-refractivity contribution is 8.01. The van der Waals surface area contributed by atoms with E-state index in [-0.39, 0.29) is 23.3 Å². The minimum atomic E-state index is -0.886. The van der Waals surface area contributed by atoms with Gasteiger partial charge in [-0.2, -0.15) is 4.73 Å². The third kappa shape index (κ3) is 9.18. The van der Waals surface area contributed by atoms with Crippen LogP contribution in [0.5, 0.6) is 0 Å². The summed E-state index contributed by atoms with van der Waals surface area (Å²) in [6, 6.07) is 23.1. The number of thioether (sulfide) groups is 3. The molecule has 2 aromatic carbocycles. The van der Waals surface area contributed by atoms with E-state index in [1.807, 2.05) is 60.7 Å². The third-order valence-electron chi connectivity index (χ3n) is 7.48. The molecule has 2 aliphatic rings. The summed E-state index contributed by atoms with van der Waals surface area (Å²) in [5.74, 6) is -1.39. The molecule has 0 aliphatic carbocycles. The molecule has 49 heavy (non-hydrogen) atoms. The molecule has 0 saturated carbocycles. The fourth-order valence-corrected chi connectivity index (χ4v) is 8.20. The van der Waals surface area contributed by atoms with E-state index < -0.39 is 46.7 Å². The number of β-lactam (4-membered cyclic amide) rings is 1. The molecule has 1 aromatic heterocycles. The molecule has 14 heteroatoms. The molecule has 2 amide bonds. The molecule has 0 spiro atoms. The van der Waals surface area contributed by atoms with Crippen LogP contribution in [0.4, 0.5) is 0 Å². The number of ether oxygens (including phenoxy) is 3. The molecule has 2 unspecified atom stereocenters. The lowest BCUT2D eigenvalue weighted by atomic mass is 9.98. The Morgan fingerprint density at radius 1 is 1.02 bits per heavy atom. The Hall–Kier alpha value is -3.98. The number of carbonyl (C=O) groups excluding carboxylic acids is 4. The third-order valence-corrected chi connectivity index (χ3v) is 11.1. The Balaban J connectivity index is 1.29. The fraction of sp³-hybridized carbons (Fsp3) is 0.343. The fourth-order valence-electron chi connectivity index (χ4n) is 4.92. The van der Waals surface area contributed by atoms with Gasteiger partial charge in [0.1, 0.15) is 22.4 Å². The van der Waals surface area contributed by atoms with E-state index in [1.54, 1.807) is 39.0 Å². The monoisotopic (exact) mass is 723 g/mol. The Morgan fingerprint density at radius 2 is 1.71 bits per heavy atom. The predicted molar refractivity (Wildman–Crippen MR) is 188 cm³/mol. The van der Waals surface area contributed by atoms with Crippen molar-refractivity contribution in [2.24, 2.45) is 5.41 Å². The molecule has 1 fully saturated rings. The van der Waals surface area contributed by atoms with Crippen LogP contribution in [0.2, 0.25) is 0 Å². The van der Waals surface area contributed by atoms with Gasteiger partial charge in [-0.3, -0.25) is 19.3 Å². The minimum Gasteiger partial charge on any atom is -0.618 e. The van der Waals surface area contributed by atoms with Gasteiger partial charge in [-0.25, -0.2) is 4.79 Å². The van der Waals surface area contributed by atoms with Crippen molar-refractivity contribution in [2.75, 3.05) is 24.2 Å². The van der Waals surface area contributed by atoms with Crippen LogP contribution < -0.4 is 10.0 Å². The number of pyridine rings is 1. The summed E-state index contributed by atoms with van der Waals surface area (Å²) in [4.78, 5) is 54.4. The lowest BCUT2D eigenvalue weighted by Gasteiger charge is -2.50. The maximum atomic E-state index is 13.7. The maximum Gasteiger partial charge on any atom is 0.357 e. The van der Waals surface area contributed by atoms with Crippen molar-refractivity contribution in [1.29, 1.82) is 0 Å². The number of carbonyl (C=O) groups is 4. The van der Waals surface area contributed by atoms with Crippen LogP contribution in [-0.4, -0.2) is 64.3 Å². The van der Waals surface area contributed by atoms with Gasteiger partial charge in [-0.15, -0.1) is 23.5 Å². The number of nitrogens with zero attached hydrogens (tertiary/aromatic N) is 2. The van der Waals surface area contributed by atoms with Crippen LogP contribution >= 0.6 is 35.3 Å². The van der Waals surface area contributed by atoms with Crippen molar-refractivity contribution < 1.29 is 38.1 Å². The lowest BCUT2D eigenvalue weighted by Crippen LogP contribution is -2.71. The predicted octanol–water partition coefficient (Wildman–Crippen LogP) is 4.80. The quantitative estimate of drug-likeness (QED) is 0.0467. The number of amides is 2. The van der Waals surface area contributed by atoms with Gasteiger partial charge >= 0.3 is 11.9 Å². The molecule has 3 aromatic rings. The van der Waals surface area contributed by atoms with Crippen LogP contribution in [-0.2, 0) is 40.0 Å². The number of rotatable bonds is 14. The normalized spacial score (nSPS) is 17.9. The summed E-state index contributed by atoms with van der Waals surface area (Å²) in [7, 11) is 0. The van der Waals surface area contributed by atoms with E-state index >= 15 is 0 Å². The van der Waals surface area contributed by atoms with Crippen molar-refractivity contribution in [2.45, 2.75) is 49.1 Å². The average Bonchev–Trinajstić information content (AvgIpc) is 3.10. The largest absolute Gasteiger partial charge is 0.618 e. The van der Waals surface area contributed by atoms with E-state index in [2.05, 4.69) is 5.32 Å². The Kier molecular flexibility index (Phi) is 12.3. The van der Waals surface area contributed by atoms with Gasteiger partial charge in [0.25, 0.3) is 10.9 Å². The topological polar surface area (TPSA) is 138 Å². The molecule has 2 aliphatic heterocycles. The molecular formula is C35H37N3O8S3. The van der Waals surface area contributed by atoms with E-state index in [4.69, 9.17) is 14.2 Å². The summed E-state index contributed by atoms with van der Waals surface area (Å²) in [5.41, 5.74) is 1.58. The number of hydrogen-bond acceptors (Lipinski definition) is 11. The first-order valence-corrected chi connectivity index (χ1v) is 18.5. The van der Waals surface area contributed by atoms with Crippen LogP contribution in [0.15, 0.2) is 101 Å². The summed E-state index contributed by atoms with van der Waals surface area (Å²) in [6.45, 7) is 4.80. The summed E-state index contributed by atoms with van der Waals surface area (Å²) < 4.78 is 17.0. The van der Waals surface area contributed by atoms with Gasteiger partial charge in [0.05, 0.1) is 18.0 Å². The van der Waals surface area contributed by atoms with Crippen LogP contribution in [0.1, 0.15) is 37.1 Å². The van der Waals surface area contributed by atoms with Gasteiger partial charge in [0, 0.05) is 23.6 Å². The molecule has 5 rings (SSSR count). The van der Waals surface area contributed by atoms with Gasteiger partial charge < -0.3 is 24.7 Å². The Morgan fingerprint density at radius 3 is 2.41 bits per heavy atom. The Labute approximate surface area is 297 Å². The van der Waals surface area contributed by atoms with Gasteiger partial charge in [-0.05, 0) is 43.5 Å². The average molecular weight is 724 g/mol. The van der Waals surface area contributed by atoms with Crippen molar-refractivity contribution in [3.63, 3.8) is 0 Å². The second-order valence-electron chi connectivity index (χ2n) is 12.1. The highest BCUT2D eigenvalue weighted by Crippen LogP contribution is 2.42. The zero-order valence-corrected chi connectivity index (χ0v) is 29.7. The standard InChI is InChI=1S/C35H37N3O8S3/c1-35(2,3)34(42)46-21-45-33(41)28-25(19-47-26-16-10-11-17-37(26)43)20-48-32-27(31(40)38(28)32)36-30(39)29(24-14-8-5-9-15-24)49-22-44-18-23-12-6-4-7-13-23/h4-17,27,29,32H,18-22H2,1-3H3,(H,36,39)/t27-,29?,32?/m0/s1. The van der Waals surface area contributed by atoms with E-state index in [0.29, 0.717) is 23.0 Å². The minimum absolute atomic E-state index is 0.0234. The zero-order valence-electron chi connectivity index (χ0n) is 27.2. The summed E-state index contributed by atoms with van der Waals surface area (Å²) in [5, 5.41) is 14.4. The molecule has 11 nitrogen and oxygen atoms in total. The van der Waals surface area contributed by atoms with E-state index in [1.165, 1.54) is 46.4 Å². The number of nitrogens with one attached hydrogen (secondary N) is 1. The molecule has 3 heterocycles. The van der Waals surface area contributed by atoms with Crippen molar-refractivity contribution in [1.82, 2.24) is 10.2 Å². The van der Waals surface area contributed by atoms with Gasteiger partial charge in [-0.1, -0.05) is 72.4 Å². The molecule has 1 N–H and O–H groups in total. The van der Waals surface area contributed by atoms with Crippen molar-refractivity contribution in [3.8, 4) is 0 Å². The Bertz CT molecular complexity index is 1680. The molecule has 1 saturated heterocycles. The summed E-state index contributed by atoms with van der Waals surface area (Å²) >= 11 is 3.94. The first-order valence-electron chi connectivity index (χ1n) is 15.4. The smallest absolute Gasteiger partial charge is 0.357 e. The second-order valence-corrected chi connectivity index (χ2v) is 15.3. The molecular weight excluding hydrogens is 687 g/mol. The van der Waals surface area contributed by atoms with Crippen LogP contribution in [0.25, 0.3) is 0 Å². The number of esters is 2. The summed E-state index contributed by atoms with van der Waals surface area (Å²) in [6.07, 6.45) is 1.38. The number of benzene rings is 2. The van der Waals surface area contributed by atoms with Crippen LogP contribution in [0.3, 0.4) is 0 Å². The van der Waals surface area contributed by atoms with E-state index in [9.17, 15) is 24.4 Å². The first-order chi connectivity index (χ1) is 23.5. The second kappa shape index (κ2) is 16.6. The molecule has 3 atom stereocenters. The van der Waals surface area contributed by atoms with E-state index in [0.717, 1.165) is 15.9 Å².